The fraction of sp³-hybridized carbons (Fsp3) is 0.450. The van der Waals surface area contributed by atoms with Crippen molar-refractivity contribution < 1.29 is 22.6 Å². The van der Waals surface area contributed by atoms with Gasteiger partial charge in [0.25, 0.3) is 5.56 Å². The highest BCUT2D eigenvalue weighted by molar-refractivity contribution is 7.89. The second-order valence-corrected chi connectivity index (χ2v) is 9.58. The van der Waals surface area contributed by atoms with Crippen molar-refractivity contribution in [1.29, 1.82) is 0 Å². The number of hydrogen-bond donors (Lipinski definition) is 0. The molecular formula is C20H22N2O6S. The van der Waals surface area contributed by atoms with E-state index in [4.69, 9.17) is 14.2 Å². The number of benzene rings is 1. The van der Waals surface area contributed by atoms with E-state index in [2.05, 4.69) is 0 Å². The number of aryl methyl sites for hydroxylation is 1. The summed E-state index contributed by atoms with van der Waals surface area (Å²) in [5, 5.41) is 0. The van der Waals surface area contributed by atoms with Gasteiger partial charge in [-0.05, 0) is 38.0 Å². The molecule has 1 aliphatic carbocycles. The molecule has 0 spiro atoms. The van der Waals surface area contributed by atoms with Gasteiger partial charge in [0.15, 0.2) is 11.5 Å². The van der Waals surface area contributed by atoms with Gasteiger partial charge in [-0.25, -0.2) is 8.42 Å². The second-order valence-electron chi connectivity index (χ2n) is 7.64. The van der Waals surface area contributed by atoms with Crippen LogP contribution < -0.4 is 19.8 Å². The van der Waals surface area contributed by atoms with Gasteiger partial charge in [-0.3, -0.25) is 4.79 Å². The summed E-state index contributed by atoms with van der Waals surface area (Å²) in [7, 11) is -3.64. The summed E-state index contributed by atoms with van der Waals surface area (Å²) >= 11 is 0. The van der Waals surface area contributed by atoms with E-state index in [1.165, 1.54) is 22.5 Å². The van der Waals surface area contributed by atoms with Crippen LogP contribution in [0.25, 0.3) is 0 Å². The third kappa shape index (κ3) is 3.38. The van der Waals surface area contributed by atoms with Gasteiger partial charge in [-0.1, -0.05) is 0 Å². The summed E-state index contributed by atoms with van der Waals surface area (Å²) in [5.74, 6) is 1.49. The predicted octanol–water partition coefficient (Wildman–Crippen LogP) is 1.71. The monoisotopic (exact) mass is 418 g/mol. The lowest BCUT2D eigenvalue weighted by molar-refractivity contribution is 0.0758. The first kappa shape index (κ1) is 18.5. The van der Waals surface area contributed by atoms with E-state index >= 15 is 0 Å². The Balaban J connectivity index is 1.26. The van der Waals surface area contributed by atoms with E-state index in [0.29, 0.717) is 36.5 Å². The molecule has 0 amide bonds. The number of hydrogen-bond acceptors (Lipinski definition) is 6. The number of rotatable bonds is 5. The van der Waals surface area contributed by atoms with Crippen molar-refractivity contribution >= 4 is 10.0 Å². The molecule has 5 rings (SSSR count). The standard InChI is InChI=1S/C20H22N2O6S/c1-13-8-15(9-20(23)22(13)14-2-3-14)28-16-11-21(12-16)29(24,25)17-4-5-18-19(10-17)27-7-6-26-18/h4-5,8-10,14,16H,2-3,6-7,11-12H2,1H3. The van der Waals surface area contributed by atoms with Gasteiger partial charge in [0, 0.05) is 23.9 Å². The summed E-state index contributed by atoms with van der Waals surface area (Å²) in [6, 6.07) is 8.29. The van der Waals surface area contributed by atoms with Crippen molar-refractivity contribution in [1.82, 2.24) is 8.87 Å². The highest BCUT2D eigenvalue weighted by Gasteiger charge is 2.39. The molecule has 29 heavy (non-hydrogen) atoms. The first-order valence-corrected chi connectivity index (χ1v) is 11.2. The van der Waals surface area contributed by atoms with Crippen molar-refractivity contribution in [2.75, 3.05) is 26.3 Å². The topological polar surface area (TPSA) is 87.1 Å². The van der Waals surface area contributed by atoms with E-state index in [9.17, 15) is 13.2 Å². The smallest absolute Gasteiger partial charge is 0.254 e. The number of fused-ring (bicyclic) bond motifs is 1. The van der Waals surface area contributed by atoms with E-state index in [1.54, 1.807) is 10.6 Å². The molecule has 2 fully saturated rings. The lowest BCUT2D eigenvalue weighted by Gasteiger charge is -2.38. The third-order valence-corrected chi connectivity index (χ3v) is 7.24. The molecule has 0 unspecified atom stereocenters. The van der Waals surface area contributed by atoms with Crippen molar-refractivity contribution in [3.05, 3.63) is 46.4 Å². The van der Waals surface area contributed by atoms with Crippen molar-refractivity contribution in [2.45, 2.75) is 36.8 Å². The molecule has 1 aromatic heterocycles. The maximum Gasteiger partial charge on any atom is 0.254 e. The van der Waals surface area contributed by atoms with E-state index in [1.807, 2.05) is 13.0 Å². The van der Waals surface area contributed by atoms with Crippen LogP contribution in [0, 0.1) is 6.92 Å². The Bertz CT molecular complexity index is 1120. The maximum atomic E-state index is 12.9. The van der Waals surface area contributed by atoms with Crippen LogP contribution in [0.15, 0.2) is 40.0 Å². The maximum absolute atomic E-state index is 12.9. The number of sulfonamides is 1. The van der Waals surface area contributed by atoms with Gasteiger partial charge in [0.1, 0.15) is 25.1 Å². The molecule has 3 aliphatic rings. The molecule has 154 valence electrons. The van der Waals surface area contributed by atoms with Crippen LogP contribution >= 0.6 is 0 Å². The van der Waals surface area contributed by atoms with Crippen molar-refractivity contribution in [3.8, 4) is 17.2 Å². The number of ether oxygens (including phenoxy) is 3. The van der Waals surface area contributed by atoms with Crippen LogP contribution in [0.3, 0.4) is 0 Å². The van der Waals surface area contributed by atoms with Crippen molar-refractivity contribution in [3.63, 3.8) is 0 Å². The molecule has 9 heteroatoms. The van der Waals surface area contributed by atoms with E-state index < -0.39 is 10.0 Å². The minimum atomic E-state index is -3.64. The highest BCUT2D eigenvalue weighted by atomic mass is 32.2. The molecule has 1 aromatic carbocycles. The lowest BCUT2D eigenvalue weighted by Crippen LogP contribution is -2.56. The average Bonchev–Trinajstić information content (AvgIpc) is 3.48. The largest absolute Gasteiger partial charge is 0.487 e. The lowest BCUT2D eigenvalue weighted by atomic mass is 10.2. The molecule has 0 atom stereocenters. The highest BCUT2D eigenvalue weighted by Crippen LogP contribution is 2.36. The van der Waals surface area contributed by atoms with Gasteiger partial charge < -0.3 is 18.8 Å². The van der Waals surface area contributed by atoms with Crippen LogP contribution in [-0.4, -0.2) is 49.7 Å². The number of pyridine rings is 1. The number of nitrogens with zero attached hydrogens (tertiary/aromatic N) is 2. The van der Waals surface area contributed by atoms with Crippen LogP contribution in [0.1, 0.15) is 24.6 Å². The Kier molecular flexibility index (Phi) is 4.32. The van der Waals surface area contributed by atoms with Gasteiger partial charge >= 0.3 is 0 Å². The SMILES string of the molecule is Cc1cc(OC2CN(S(=O)(=O)c3ccc4c(c3)OCCO4)C2)cc(=O)n1C1CC1. The summed E-state index contributed by atoms with van der Waals surface area (Å²) in [5.41, 5.74) is 0.803. The third-order valence-electron chi connectivity index (χ3n) is 5.42. The summed E-state index contributed by atoms with van der Waals surface area (Å²) < 4.78 is 45.6. The minimum absolute atomic E-state index is 0.0671. The molecule has 1 saturated carbocycles. The van der Waals surface area contributed by atoms with Gasteiger partial charge in [-0.2, -0.15) is 4.31 Å². The van der Waals surface area contributed by atoms with E-state index in [0.717, 1.165) is 18.5 Å². The fourth-order valence-corrected chi connectivity index (χ4v) is 5.27. The zero-order valence-electron chi connectivity index (χ0n) is 16.0. The molecule has 0 radical (unpaired) electrons. The van der Waals surface area contributed by atoms with Crippen LogP contribution in [0.4, 0.5) is 0 Å². The second kappa shape index (κ2) is 6.77. The van der Waals surface area contributed by atoms with Crippen molar-refractivity contribution in [2.24, 2.45) is 0 Å². The Hall–Kier alpha value is -2.52. The minimum Gasteiger partial charge on any atom is -0.487 e. The Morgan fingerprint density at radius 2 is 1.76 bits per heavy atom. The zero-order chi connectivity index (χ0) is 20.2. The Morgan fingerprint density at radius 3 is 2.45 bits per heavy atom. The summed E-state index contributed by atoms with van der Waals surface area (Å²) in [6.45, 7) is 3.22. The Morgan fingerprint density at radius 1 is 1.03 bits per heavy atom. The normalized spacial score (nSPS) is 19.6. The van der Waals surface area contributed by atoms with Crippen LogP contribution in [0.2, 0.25) is 0 Å². The molecule has 2 aliphatic heterocycles. The predicted molar refractivity (Wildman–Crippen MR) is 104 cm³/mol. The van der Waals surface area contributed by atoms with Crippen LogP contribution in [0.5, 0.6) is 17.2 Å². The molecule has 8 nitrogen and oxygen atoms in total. The first-order valence-electron chi connectivity index (χ1n) is 9.71. The van der Waals surface area contributed by atoms with E-state index in [-0.39, 0.29) is 29.6 Å². The molecule has 1 saturated heterocycles. The summed E-state index contributed by atoms with van der Waals surface area (Å²) in [4.78, 5) is 12.5. The summed E-state index contributed by atoms with van der Waals surface area (Å²) in [6.07, 6.45) is 1.80. The number of aromatic nitrogens is 1. The van der Waals surface area contributed by atoms with Gasteiger partial charge in [-0.15, -0.1) is 0 Å². The van der Waals surface area contributed by atoms with Crippen LogP contribution in [-0.2, 0) is 10.0 Å². The molecule has 0 bridgehead atoms. The first-order chi connectivity index (χ1) is 13.9. The fourth-order valence-electron chi connectivity index (χ4n) is 3.75. The Labute approximate surface area is 168 Å². The molecular weight excluding hydrogens is 396 g/mol. The van der Waals surface area contributed by atoms with Gasteiger partial charge in [0.05, 0.1) is 18.0 Å². The van der Waals surface area contributed by atoms with Gasteiger partial charge in [0.2, 0.25) is 10.0 Å². The molecule has 0 N–H and O–H groups in total. The zero-order valence-corrected chi connectivity index (χ0v) is 16.9. The average molecular weight is 418 g/mol. The molecule has 3 heterocycles. The molecule has 2 aromatic rings. The quantitative estimate of drug-likeness (QED) is 0.735.